The Labute approximate surface area is 110 Å². The largest absolute Gasteiger partial charge is 0.343 e. The van der Waals surface area contributed by atoms with Crippen molar-refractivity contribution in [3.8, 4) is 0 Å². The minimum absolute atomic E-state index is 0.321. The molecule has 2 nitrogen and oxygen atoms in total. The van der Waals surface area contributed by atoms with E-state index >= 15 is 0 Å². The molecule has 0 N–H and O–H groups in total. The highest BCUT2D eigenvalue weighted by Crippen LogP contribution is 2.20. The van der Waals surface area contributed by atoms with Crippen LogP contribution in [0.1, 0.15) is 50.5 Å². The van der Waals surface area contributed by atoms with Gasteiger partial charge >= 0.3 is 0 Å². The predicted molar refractivity (Wildman–Crippen MR) is 74.5 cm³/mol. The van der Waals surface area contributed by atoms with Crippen molar-refractivity contribution in [2.45, 2.75) is 44.9 Å². The molecule has 0 spiro atoms. The molecule has 1 aromatic carbocycles. The van der Waals surface area contributed by atoms with Crippen LogP contribution in [0.4, 0.5) is 0 Å². The van der Waals surface area contributed by atoms with E-state index in [2.05, 4.69) is 24.0 Å². The highest BCUT2D eigenvalue weighted by molar-refractivity contribution is 5.77. The highest BCUT2D eigenvalue weighted by Gasteiger charge is 2.18. The Morgan fingerprint density at radius 2 is 1.72 bits per heavy atom. The van der Waals surface area contributed by atoms with Crippen LogP contribution in [-0.4, -0.2) is 23.9 Å². The first-order valence-corrected chi connectivity index (χ1v) is 7.10. The molecule has 2 heteroatoms. The van der Waals surface area contributed by atoms with E-state index in [1.807, 2.05) is 18.2 Å². The summed E-state index contributed by atoms with van der Waals surface area (Å²) in [5, 5.41) is 0. The van der Waals surface area contributed by atoms with Gasteiger partial charge in [-0.25, -0.2) is 0 Å². The highest BCUT2D eigenvalue weighted by atomic mass is 16.2. The summed E-state index contributed by atoms with van der Waals surface area (Å²) in [6.45, 7) is 4.06. The van der Waals surface area contributed by atoms with Gasteiger partial charge in [0.05, 0.1) is 0 Å². The summed E-state index contributed by atoms with van der Waals surface area (Å²) in [7, 11) is 0. The maximum absolute atomic E-state index is 12.3. The molecule has 1 unspecified atom stereocenters. The molecule has 98 valence electrons. The number of amides is 1. The number of rotatable bonds is 3. The van der Waals surface area contributed by atoms with Crippen LogP contribution in [0.5, 0.6) is 0 Å². The minimum atomic E-state index is 0.321. The summed E-state index contributed by atoms with van der Waals surface area (Å²) in [5.41, 5.74) is 1.26. The van der Waals surface area contributed by atoms with Gasteiger partial charge in [0.2, 0.25) is 5.91 Å². The molecule has 1 aliphatic rings. The van der Waals surface area contributed by atoms with E-state index in [4.69, 9.17) is 0 Å². The molecule has 1 aliphatic heterocycles. The standard InChI is InChI=1S/C16H23NO/c1-14(15-9-5-4-6-10-15)13-16(18)17-11-7-2-3-8-12-17/h4-6,9-10,14H,2-3,7-8,11-13H2,1H3. The van der Waals surface area contributed by atoms with Crippen molar-refractivity contribution in [2.24, 2.45) is 0 Å². The maximum Gasteiger partial charge on any atom is 0.223 e. The van der Waals surface area contributed by atoms with Crippen molar-refractivity contribution in [1.29, 1.82) is 0 Å². The summed E-state index contributed by atoms with van der Waals surface area (Å²) in [5.74, 6) is 0.648. The number of hydrogen-bond acceptors (Lipinski definition) is 1. The van der Waals surface area contributed by atoms with Gasteiger partial charge in [0.1, 0.15) is 0 Å². The molecule has 2 rings (SSSR count). The van der Waals surface area contributed by atoms with E-state index in [-0.39, 0.29) is 0 Å². The number of carbonyl (C=O) groups excluding carboxylic acids is 1. The first-order valence-electron chi connectivity index (χ1n) is 7.10. The van der Waals surface area contributed by atoms with E-state index in [1.54, 1.807) is 0 Å². The Hall–Kier alpha value is -1.31. The average Bonchev–Trinajstić information content (AvgIpc) is 2.68. The fourth-order valence-electron chi connectivity index (χ4n) is 2.61. The molecule has 1 amide bonds. The van der Waals surface area contributed by atoms with Gasteiger partial charge in [-0.1, -0.05) is 50.1 Å². The zero-order valence-electron chi connectivity index (χ0n) is 11.3. The van der Waals surface area contributed by atoms with Crippen LogP contribution in [0.25, 0.3) is 0 Å². The lowest BCUT2D eigenvalue weighted by molar-refractivity contribution is -0.131. The summed E-state index contributed by atoms with van der Waals surface area (Å²) in [6.07, 6.45) is 5.54. The zero-order valence-corrected chi connectivity index (χ0v) is 11.3. The van der Waals surface area contributed by atoms with E-state index < -0.39 is 0 Å². The van der Waals surface area contributed by atoms with E-state index in [1.165, 1.54) is 31.2 Å². The van der Waals surface area contributed by atoms with Gasteiger partial charge in [0.25, 0.3) is 0 Å². The van der Waals surface area contributed by atoms with E-state index in [0.717, 1.165) is 13.1 Å². The number of benzene rings is 1. The molecule has 0 aliphatic carbocycles. The fraction of sp³-hybridized carbons (Fsp3) is 0.562. The van der Waals surface area contributed by atoms with Crippen LogP contribution >= 0.6 is 0 Å². The lowest BCUT2D eigenvalue weighted by Crippen LogP contribution is -2.32. The van der Waals surface area contributed by atoms with Crippen molar-refractivity contribution >= 4 is 5.91 Å². The molecule has 1 aromatic rings. The Balaban J connectivity index is 1.90. The van der Waals surface area contributed by atoms with Gasteiger partial charge < -0.3 is 4.90 Å². The molecule has 18 heavy (non-hydrogen) atoms. The van der Waals surface area contributed by atoms with Crippen molar-refractivity contribution in [3.05, 3.63) is 35.9 Å². The molecule has 0 bridgehead atoms. The average molecular weight is 245 g/mol. The van der Waals surface area contributed by atoms with Crippen LogP contribution in [0.3, 0.4) is 0 Å². The molecular weight excluding hydrogens is 222 g/mol. The van der Waals surface area contributed by atoms with Gasteiger partial charge in [-0.2, -0.15) is 0 Å². The van der Waals surface area contributed by atoms with Crippen molar-refractivity contribution < 1.29 is 4.79 Å². The fourth-order valence-corrected chi connectivity index (χ4v) is 2.61. The van der Waals surface area contributed by atoms with Gasteiger partial charge in [-0.15, -0.1) is 0 Å². The monoisotopic (exact) mass is 245 g/mol. The third-order valence-electron chi connectivity index (χ3n) is 3.81. The summed E-state index contributed by atoms with van der Waals surface area (Å²) < 4.78 is 0. The topological polar surface area (TPSA) is 20.3 Å². The SMILES string of the molecule is CC(CC(=O)N1CCCCCC1)c1ccccc1. The van der Waals surface area contributed by atoms with Gasteiger partial charge in [0.15, 0.2) is 0 Å². The van der Waals surface area contributed by atoms with Gasteiger partial charge in [-0.3, -0.25) is 4.79 Å². The molecule has 0 radical (unpaired) electrons. The Morgan fingerprint density at radius 3 is 2.33 bits per heavy atom. The molecule has 1 saturated heterocycles. The number of hydrogen-bond donors (Lipinski definition) is 0. The summed E-state index contributed by atoms with van der Waals surface area (Å²) in [6, 6.07) is 10.3. The quantitative estimate of drug-likeness (QED) is 0.797. The lowest BCUT2D eigenvalue weighted by atomic mass is 9.97. The molecule has 0 saturated carbocycles. The lowest BCUT2D eigenvalue weighted by Gasteiger charge is -2.22. The Kier molecular flexibility index (Phi) is 4.80. The second kappa shape index (κ2) is 6.58. The second-order valence-electron chi connectivity index (χ2n) is 5.31. The molecule has 1 heterocycles. The molecule has 1 fully saturated rings. The smallest absolute Gasteiger partial charge is 0.223 e. The minimum Gasteiger partial charge on any atom is -0.343 e. The van der Waals surface area contributed by atoms with E-state index in [9.17, 15) is 4.79 Å². The van der Waals surface area contributed by atoms with Gasteiger partial charge in [-0.05, 0) is 24.3 Å². The van der Waals surface area contributed by atoms with Crippen molar-refractivity contribution in [3.63, 3.8) is 0 Å². The van der Waals surface area contributed by atoms with Crippen molar-refractivity contribution in [2.75, 3.05) is 13.1 Å². The maximum atomic E-state index is 12.3. The zero-order chi connectivity index (χ0) is 12.8. The first kappa shape index (κ1) is 13.1. The third kappa shape index (κ3) is 3.59. The Morgan fingerprint density at radius 1 is 1.11 bits per heavy atom. The summed E-state index contributed by atoms with van der Waals surface area (Å²) >= 11 is 0. The number of carbonyl (C=O) groups is 1. The third-order valence-corrected chi connectivity index (χ3v) is 3.81. The van der Waals surface area contributed by atoms with Gasteiger partial charge in [0, 0.05) is 19.5 Å². The molecular formula is C16H23NO. The predicted octanol–water partition coefficient (Wildman–Crippen LogP) is 3.58. The Bertz CT molecular complexity index is 366. The van der Waals surface area contributed by atoms with E-state index in [0.29, 0.717) is 18.2 Å². The van der Waals surface area contributed by atoms with Crippen LogP contribution in [-0.2, 0) is 4.79 Å². The first-order chi connectivity index (χ1) is 8.77. The molecule has 1 atom stereocenters. The second-order valence-corrected chi connectivity index (χ2v) is 5.31. The van der Waals surface area contributed by atoms with Crippen molar-refractivity contribution in [1.82, 2.24) is 4.90 Å². The number of nitrogens with zero attached hydrogens (tertiary/aromatic N) is 1. The normalized spacial score (nSPS) is 18.2. The van der Waals surface area contributed by atoms with Crippen LogP contribution in [0, 0.1) is 0 Å². The number of likely N-dealkylation sites (tertiary alicyclic amines) is 1. The van der Waals surface area contributed by atoms with Crippen LogP contribution in [0.2, 0.25) is 0 Å². The van der Waals surface area contributed by atoms with Crippen LogP contribution < -0.4 is 0 Å². The summed E-state index contributed by atoms with van der Waals surface area (Å²) in [4.78, 5) is 14.3. The molecule has 0 aromatic heterocycles. The van der Waals surface area contributed by atoms with Crippen LogP contribution in [0.15, 0.2) is 30.3 Å².